The quantitative estimate of drug-likeness (QED) is 0.696. The zero-order valence-electron chi connectivity index (χ0n) is 11.5. The lowest BCUT2D eigenvalue weighted by Gasteiger charge is -2.06. The van der Waals surface area contributed by atoms with E-state index in [1.165, 1.54) is 0 Å². The summed E-state index contributed by atoms with van der Waals surface area (Å²) in [4.78, 5) is 23.1. The first-order valence-corrected chi connectivity index (χ1v) is 6.50. The molecule has 0 fully saturated rings. The summed E-state index contributed by atoms with van der Waals surface area (Å²) in [6.07, 6.45) is 1.22. The van der Waals surface area contributed by atoms with Crippen molar-refractivity contribution >= 4 is 17.5 Å². The van der Waals surface area contributed by atoms with Gasteiger partial charge in [-0.1, -0.05) is 6.92 Å². The first-order valence-electron chi connectivity index (χ1n) is 6.50. The third-order valence-electron chi connectivity index (χ3n) is 2.65. The SMILES string of the molecule is CCCNC(=O)CCNC(=O)c1ccc(NC)cc1. The number of benzene rings is 1. The molecule has 0 heterocycles. The van der Waals surface area contributed by atoms with Crippen LogP contribution < -0.4 is 16.0 Å². The normalized spacial score (nSPS) is 9.79. The number of hydrogen-bond donors (Lipinski definition) is 3. The fourth-order valence-electron chi connectivity index (χ4n) is 1.53. The van der Waals surface area contributed by atoms with Gasteiger partial charge in [-0.15, -0.1) is 0 Å². The van der Waals surface area contributed by atoms with Gasteiger partial charge in [0.25, 0.3) is 5.91 Å². The van der Waals surface area contributed by atoms with Crippen molar-refractivity contribution in [3.05, 3.63) is 29.8 Å². The molecule has 19 heavy (non-hydrogen) atoms. The van der Waals surface area contributed by atoms with Crippen LogP contribution >= 0.6 is 0 Å². The number of anilines is 1. The van der Waals surface area contributed by atoms with Crippen molar-refractivity contribution in [2.24, 2.45) is 0 Å². The van der Waals surface area contributed by atoms with Gasteiger partial charge in [0, 0.05) is 37.8 Å². The predicted molar refractivity (Wildman–Crippen MR) is 76.2 cm³/mol. The van der Waals surface area contributed by atoms with E-state index in [1.54, 1.807) is 12.1 Å². The highest BCUT2D eigenvalue weighted by atomic mass is 16.2. The minimum atomic E-state index is -0.161. The molecule has 0 spiro atoms. The fraction of sp³-hybridized carbons (Fsp3) is 0.429. The van der Waals surface area contributed by atoms with E-state index in [0.717, 1.165) is 12.1 Å². The third kappa shape index (κ3) is 5.42. The van der Waals surface area contributed by atoms with Gasteiger partial charge in [0.05, 0.1) is 0 Å². The predicted octanol–water partition coefficient (Wildman–Crippen LogP) is 1.37. The molecule has 0 unspecified atom stereocenters. The van der Waals surface area contributed by atoms with Crippen molar-refractivity contribution in [2.45, 2.75) is 19.8 Å². The summed E-state index contributed by atoms with van der Waals surface area (Å²) in [6.45, 7) is 3.03. The number of carbonyl (C=O) groups is 2. The molecule has 1 aromatic carbocycles. The topological polar surface area (TPSA) is 70.2 Å². The standard InChI is InChI=1S/C14H21N3O2/c1-3-9-16-13(18)8-10-17-14(19)11-4-6-12(15-2)7-5-11/h4-7,15H,3,8-10H2,1-2H3,(H,16,18)(H,17,19). The molecule has 3 N–H and O–H groups in total. The molecule has 1 rings (SSSR count). The van der Waals surface area contributed by atoms with Gasteiger partial charge in [0.1, 0.15) is 0 Å². The summed E-state index contributed by atoms with van der Waals surface area (Å²) in [5.41, 5.74) is 1.54. The molecule has 0 saturated heterocycles. The van der Waals surface area contributed by atoms with E-state index in [1.807, 2.05) is 26.1 Å². The summed E-state index contributed by atoms with van der Waals surface area (Å²) in [6, 6.07) is 7.17. The van der Waals surface area contributed by atoms with Crippen LogP contribution in [0.2, 0.25) is 0 Å². The van der Waals surface area contributed by atoms with E-state index in [4.69, 9.17) is 0 Å². The van der Waals surface area contributed by atoms with Crippen LogP contribution in [0.5, 0.6) is 0 Å². The fourth-order valence-corrected chi connectivity index (χ4v) is 1.53. The van der Waals surface area contributed by atoms with E-state index in [2.05, 4.69) is 16.0 Å². The van der Waals surface area contributed by atoms with Crippen molar-refractivity contribution in [3.8, 4) is 0 Å². The maximum absolute atomic E-state index is 11.8. The first-order chi connectivity index (χ1) is 9.17. The van der Waals surface area contributed by atoms with E-state index in [-0.39, 0.29) is 11.8 Å². The number of carbonyl (C=O) groups excluding carboxylic acids is 2. The Bertz CT molecular complexity index is 415. The second kappa shape index (κ2) is 8.13. The number of nitrogens with one attached hydrogen (secondary N) is 3. The molecule has 0 bridgehead atoms. The van der Waals surface area contributed by atoms with Crippen molar-refractivity contribution in [1.82, 2.24) is 10.6 Å². The maximum atomic E-state index is 11.8. The zero-order valence-corrected chi connectivity index (χ0v) is 11.5. The van der Waals surface area contributed by atoms with Gasteiger partial charge in [-0.3, -0.25) is 9.59 Å². The zero-order chi connectivity index (χ0) is 14.1. The van der Waals surface area contributed by atoms with Crippen LogP contribution in [0.4, 0.5) is 5.69 Å². The Morgan fingerprint density at radius 3 is 2.32 bits per heavy atom. The van der Waals surface area contributed by atoms with E-state index in [9.17, 15) is 9.59 Å². The monoisotopic (exact) mass is 263 g/mol. The van der Waals surface area contributed by atoms with Crippen molar-refractivity contribution in [1.29, 1.82) is 0 Å². The summed E-state index contributed by atoms with van der Waals surface area (Å²) < 4.78 is 0. The maximum Gasteiger partial charge on any atom is 0.251 e. The second-order valence-corrected chi connectivity index (χ2v) is 4.18. The summed E-state index contributed by atoms with van der Waals surface area (Å²) in [7, 11) is 1.82. The Labute approximate surface area is 113 Å². The largest absolute Gasteiger partial charge is 0.388 e. The number of amides is 2. The van der Waals surface area contributed by atoms with E-state index < -0.39 is 0 Å². The van der Waals surface area contributed by atoms with Gasteiger partial charge >= 0.3 is 0 Å². The van der Waals surface area contributed by atoms with Crippen molar-refractivity contribution < 1.29 is 9.59 Å². The lowest BCUT2D eigenvalue weighted by atomic mass is 10.2. The molecule has 2 amide bonds. The Hall–Kier alpha value is -2.04. The number of rotatable bonds is 7. The molecular weight excluding hydrogens is 242 g/mol. The highest BCUT2D eigenvalue weighted by molar-refractivity contribution is 5.94. The molecule has 0 aliphatic heterocycles. The smallest absolute Gasteiger partial charge is 0.251 e. The van der Waals surface area contributed by atoms with Crippen molar-refractivity contribution in [2.75, 3.05) is 25.5 Å². The third-order valence-corrected chi connectivity index (χ3v) is 2.65. The summed E-state index contributed by atoms with van der Waals surface area (Å²) in [5.74, 6) is -0.196. The van der Waals surface area contributed by atoms with Gasteiger partial charge < -0.3 is 16.0 Å². The van der Waals surface area contributed by atoms with Gasteiger partial charge in [-0.2, -0.15) is 0 Å². The molecule has 0 aliphatic carbocycles. The van der Waals surface area contributed by atoms with Gasteiger partial charge in [-0.25, -0.2) is 0 Å². The highest BCUT2D eigenvalue weighted by Crippen LogP contribution is 2.08. The molecule has 0 aromatic heterocycles. The Balaban J connectivity index is 2.32. The van der Waals surface area contributed by atoms with Crippen LogP contribution in [0, 0.1) is 0 Å². The minimum absolute atomic E-state index is 0.0346. The molecule has 0 radical (unpaired) electrons. The van der Waals surface area contributed by atoms with Gasteiger partial charge in [0.2, 0.25) is 5.91 Å². The Kier molecular flexibility index (Phi) is 6.43. The lowest BCUT2D eigenvalue weighted by Crippen LogP contribution is -2.31. The van der Waals surface area contributed by atoms with E-state index in [0.29, 0.717) is 25.1 Å². The van der Waals surface area contributed by atoms with Crippen LogP contribution in [0.3, 0.4) is 0 Å². The Morgan fingerprint density at radius 1 is 1.05 bits per heavy atom. The van der Waals surface area contributed by atoms with Crippen LogP contribution in [-0.2, 0) is 4.79 Å². The minimum Gasteiger partial charge on any atom is -0.388 e. The second-order valence-electron chi connectivity index (χ2n) is 4.18. The summed E-state index contributed by atoms with van der Waals surface area (Å²) >= 11 is 0. The van der Waals surface area contributed by atoms with Gasteiger partial charge in [-0.05, 0) is 30.7 Å². The molecule has 0 atom stereocenters. The molecule has 104 valence electrons. The first kappa shape index (κ1) is 15.0. The average molecular weight is 263 g/mol. The van der Waals surface area contributed by atoms with Gasteiger partial charge in [0.15, 0.2) is 0 Å². The van der Waals surface area contributed by atoms with Crippen LogP contribution in [0.25, 0.3) is 0 Å². The summed E-state index contributed by atoms with van der Waals surface area (Å²) in [5, 5.41) is 8.47. The van der Waals surface area contributed by atoms with Crippen LogP contribution in [0.1, 0.15) is 30.1 Å². The average Bonchev–Trinajstić information content (AvgIpc) is 2.45. The Morgan fingerprint density at radius 2 is 1.74 bits per heavy atom. The van der Waals surface area contributed by atoms with Crippen LogP contribution in [-0.4, -0.2) is 32.0 Å². The molecule has 0 saturated carbocycles. The van der Waals surface area contributed by atoms with Crippen molar-refractivity contribution in [3.63, 3.8) is 0 Å². The molecule has 1 aromatic rings. The highest BCUT2D eigenvalue weighted by Gasteiger charge is 2.06. The molecule has 5 heteroatoms. The molecular formula is C14H21N3O2. The van der Waals surface area contributed by atoms with Crippen LogP contribution in [0.15, 0.2) is 24.3 Å². The molecule has 5 nitrogen and oxygen atoms in total. The van der Waals surface area contributed by atoms with E-state index >= 15 is 0 Å². The lowest BCUT2D eigenvalue weighted by molar-refractivity contribution is -0.120. The number of hydrogen-bond acceptors (Lipinski definition) is 3. The molecule has 0 aliphatic rings.